The van der Waals surface area contributed by atoms with E-state index in [9.17, 15) is 5.11 Å². The van der Waals surface area contributed by atoms with Crippen LogP contribution in [0.25, 0.3) is 10.9 Å². The number of aliphatic hydroxyl groups is 1. The van der Waals surface area contributed by atoms with E-state index < -0.39 is 11.7 Å². The fraction of sp³-hybridized carbons (Fsp3) is 0.562. The minimum Gasteiger partial charge on any atom is -0.390 e. The lowest BCUT2D eigenvalue weighted by molar-refractivity contribution is -0.0916. The van der Waals surface area contributed by atoms with E-state index in [1.54, 1.807) is 7.11 Å². The SMILES string of the molecule is CCn1nc(CC(O)C(C)(CC)OC)c2ccccc21. The molecule has 0 saturated carbocycles. The number of para-hydroxylation sites is 1. The van der Waals surface area contributed by atoms with Crippen LogP contribution in [0, 0.1) is 0 Å². The molecule has 4 nitrogen and oxygen atoms in total. The van der Waals surface area contributed by atoms with Crippen molar-refractivity contribution in [3.63, 3.8) is 0 Å². The number of benzene rings is 1. The number of aryl methyl sites for hydroxylation is 1. The van der Waals surface area contributed by atoms with Crippen molar-refractivity contribution in [1.82, 2.24) is 9.78 Å². The average Bonchev–Trinajstić information content (AvgIpc) is 2.84. The van der Waals surface area contributed by atoms with Crippen molar-refractivity contribution in [2.45, 2.75) is 51.9 Å². The Balaban J connectivity index is 2.34. The summed E-state index contributed by atoms with van der Waals surface area (Å²) in [5.74, 6) is 0. The van der Waals surface area contributed by atoms with Crippen LogP contribution < -0.4 is 0 Å². The van der Waals surface area contributed by atoms with Gasteiger partial charge in [-0.15, -0.1) is 0 Å². The Morgan fingerprint density at radius 2 is 2.05 bits per heavy atom. The maximum absolute atomic E-state index is 10.5. The highest BCUT2D eigenvalue weighted by molar-refractivity contribution is 5.82. The first-order valence-corrected chi connectivity index (χ1v) is 7.23. The molecule has 20 heavy (non-hydrogen) atoms. The van der Waals surface area contributed by atoms with Gasteiger partial charge in [-0.3, -0.25) is 4.68 Å². The fourth-order valence-corrected chi connectivity index (χ4v) is 2.50. The van der Waals surface area contributed by atoms with Crippen molar-refractivity contribution in [3.05, 3.63) is 30.0 Å². The normalized spacial score (nSPS) is 16.2. The van der Waals surface area contributed by atoms with Crippen molar-refractivity contribution in [1.29, 1.82) is 0 Å². The van der Waals surface area contributed by atoms with E-state index in [1.807, 2.05) is 30.7 Å². The van der Waals surface area contributed by atoms with Gasteiger partial charge in [-0.2, -0.15) is 5.10 Å². The molecule has 0 amide bonds. The van der Waals surface area contributed by atoms with Gasteiger partial charge in [0, 0.05) is 25.5 Å². The number of hydrogen-bond donors (Lipinski definition) is 1. The van der Waals surface area contributed by atoms with Crippen LogP contribution in [-0.2, 0) is 17.7 Å². The third-order valence-corrected chi connectivity index (χ3v) is 4.29. The van der Waals surface area contributed by atoms with Crippen molar-refractivity contribution in [3.8, 4) is 0 Å². The molecule has 0 bridgehead atoms. The first-order chi connectivity index (χ1) is 9.55. The largest absolute Gasteiger partial charge is 0.390 e. The second-order valence-electron chi connectivity index (χ2n) is 5.37. The number of aliphatic hydroxyl groups excluding tert-OH is 1. The van der Waals surface area contributed by atoms with Crippen LogP contribution in [0.4, 0.5) is 0 Å². The van der Waals surface area contributed by atoms with Gasteiger partial charge in [0.2, 0.25) is 0 Å². The molecule has 110 valence electrons. The third kappa shape index (κ3) is 2.58. The zero-order chi connectivity index (χ0) is 14.8. The Hall–Kier alpha value is -1.39. The van der Waals surface area contributed by atoms with Gasteiger partial charge in [-0.1, -0.05) is 25.1 Å². The number of fused-ring (bicyclic) bond motifs is 1. The lowest BCUT2D eigenvalue weighted by Crippen LogP contribution is -2.42. The van der Waals surface area contributed by atoms with Gasteiger partial charge < -0.3 is 9.84 Å². The van der Waals surface area contributed by atoms with E-state index in [0.29, 0.717) is 6.42 Å². The average molecular weight is 276 g/mol. The summed E-state index contributed by atoms with van der Waals surface area (Å²) in [7, 11) is 1.65. The van der Waals surface area contributed by atoms with Gasteiger partial charge >= 0.3 is 0 Å². The Morgan fingerprint density at radius 3 is 2.65 bits per heavy atom. The first-order valence-electron chi connectivity index (χ1n) is 7.23. The molecular formula is C16H24N2O2. The quantitative estimate of drug-likeness (QED) is 0.882. The highest BCUT2D eigenvalue weighted by Gasteiger charge is 2.32. The summed E-state index contributed by atoms with van der Waals surface area (Å²) in [4.78, 5) is 0. The first kappa shape index (κ1) is 15.0. The Morgan fingerprint density at radius 1 is 1.35 bits per heavy atom. The van der Waals surface area contributed by atoms with Crippen molar-refractivity contribution in [2.75, 3.05) is 7.11 Å². The number of rotatable bonds is 6. The molecule has 1 N–H and O–H groups in total. The molecule has 1 aromatic heterocycles. The predicted molar refractivity (Wildman–Crippen MR) is 80.8 cm³/mol. The van der Waals surface area contributed by atoms with E-state index in [4.69, 9.17) is 4.74 Å². The summed E-state index contributed by atoms with van der Waals surface area (Å²) in [5.41, 5.74) is 1.52. The molecule has 0 aliphatic carbocycles. The van der Waals surface area contributed by atoms with Gasteiger partial charge in [0.25, 0.3) is 0 Å². The topological polar surface area (TPSA) is 47.3 Å². The van der Waals surface area contributed by atoms with Crippen LogP contribution in [0.1, 0.15) is 32.9 Å². The van der Waals surface area contributed by atoms with E-state index in [1.165, 1.54) is 0 Å². The highest BCUT2D eigenvalue weighted by atomic mass is 16.5. The molecule has 0 aliphatic heterocycles. The van der Waals surface area contributed by atoms with Crippen LogP contribution in [0.15, 0.2) is 24.3 Å². The van der Waals surface area contributed by atoms with Crippen molar-refractivity contribution < 1.29 is 9.84 Å². The molecular weight excluding hydrogens is 252 g/mol. The van der Waals surface area contributed by atoms with Gasteiger partial charge in [-0.25, -0.2) is 0 Å². The summed E-state index contributed by atoms with van der Waals surface area (Å²) in [6, 6.07) is 8.15. The van der Waals surface area contributed by atoms with Crippen LogP contribution in [0.2, 0.25) is 0 Å². The molecule has 2 rings (SSSR count). The smallest absolute Gasteiger partial charge is 0.0909 e. The third-order valence-electron chi connectivity index (χ3n) is 4.29. The lowest BCUT2D eigenvalue weighted by atomic mass is 9.92. The van der Waals surface area contributed by atoms with E-state index >= 15 is 0 Å². The minimum absolute atomic E-state index is 0.506. The maximum atomic E-state index is 10.5. The van der Waals surface area contributed by atoms with E-state index in [-0.39, 0.29) is 0 Å². The number of methoxy groups -OCH3 is 1. The Labute approximate surface area is 120 Å². The Bertz CT molecular complexity index is 573. The molecule has 1 aromatic carbocycles. The Kier molecular flexibility index (Phi) is 4.45. The summed E-state index contributed by atoms with van der Waals surface area (Å²) in [5, 5.41) is 16.2. The second-order valence-corrected chi connectivity index (χ2v) is 5.37. The minimum atomic E-state index is -0.568. The van der Waals surface area contributed by atoms with Crippen LogP contribution in [0.5, 0.6) is 0 Å². The molecule has 0 spiro atoms. The molecule has 0 radical (unpaired) electrons. The number of hydrogen-bond acceptors (Lipinski definition) is 3. The monoisotopic (exact) mass is 276 g/mol. The molecule has 1 heterocycles. The number of nitrogens with zero attached hydrogens (tertiary/aromatic N) is 2. The summed E-state index contributed by atoms with van der Waals surface area (Å²) in [6.45, 7) is 6.86. The van der Waals surface area contributed by atoms with Crippen molar-refractivity contribution >= 4 is 10.9 Å². The standard InChI is InChI=1S/C16H24N2O2/c1-5-16(3,20-4)15(19)11-13-12-9-7-8-10-14(12)18(6-2)17-13/h7-10,15,19H,5-6,11H2,1-4H3. The zero-order valence-electron chi connectivity index (χ0n) is 12.8. The number of ether oxygens (including phenoxy) is 1. The highest BCUT2D eigenvalue weighted by Crippen LogP contribution is 2.25. The lowest BCUT2D eigenvalue weighted by Gasteiger charge is -2.31. The molecule has 4 heteroatoms. The van der Waals surface area contributed by atoms with Gasteiger partial charge in [0.1, 0.15) is 0 Å². The predicted octanol–water partition coefficient (Wildman–Crippen LogP) is 2.77. The summed E-state index contributed by atoms with van der Waals surface area (Å²) < 4.78 is 7.46. The molecule has 0 aliphatic rings. The van der Waals surface area contributed by atoms with Gasteiger partial charge in [0.05, 0.1) is 22.9 Å². The molecule has 2 aromatic rings. The van der Waals surface area contributed by atoms with Crippen molar-refractivity contribution in [2.24, 2.45) is 0 Å². The zero-order valence-corrected chi connectivity index (χ0v) is 12.8. The molecule has 0 fully saturated rings. The van der Waals surface area contributed by atoms with Crippen LogP contribution >= 0.6 is 0 Å². The number of aromatic nitrogens is 2. The van der Waals surface area contributed by atoms with E-state index in [0.717, 1.165) is 29.6 Å². The van der Waals surface area contributed by atoms with E-state index in [2.05, 4.69) is 24.2 Å². The molecule has 2 unspecified atom stereocenters. The van der Waals surface area contributed by atoms with Crippen LogP contribution in [-0.4, -0.2) is 33.7 Å². The van der Waals surface area contributed by atoms with Gasteiger partial charge in [0.15, 0.2) is 0 Å². The van der Waals surface area contributed by atoms with Crippen LogP contribution in [0.3, 0.4) is 0 Å². The fourth-order valence-electron chi connectivity index (χ4n) is 2.50. The summed E-state index contributed by atoms with van der Waals surface area (Å²) >= 11 is 0. The molecule has 0 saturated heterocycles. The second kappa shape index (κ2) is 5.94. The van der Waals surface area contributed by atoms with Gasteiger partial charge in [-0.05, 0) is 26.3 Å². The molecule has 2 atom stereocenters. The maximum Gasteiger partial charge on any atom is 0.0909 e. The summed E-state index contributed by atoms with van der Waals surface area (Å²) in [6.07, 6.45) is 0.698.